The molecular formula is C19H31N3O2. The van der Waals surface area contributed by atoms with Crippen molar-refractivity contribution < 1.29 is 9.84 Å². The molecule has 2 fully saturated rings. The molecule has 0 spiro atoms. The quantitative estimate of drug-likeness (QED) is 0.849. The van der Waals surface area contributed by atoms with Gasteiger partial charge in [0.15, 0.2) is 0 Å². The fourth-order valence-corrected chi connectivity index (χ4v) is 4.01. The number of ether oxygens (including phenoxy) is 1. The molecular weight excluding hydrogens is 302 g/mol. The van der Waals surface area contributed by atoms with Crippen molar-refractivity contribution in [2.75, 3.05) is 59.5 Å². The van der Waals surface area contributed by atoms with E-state index in [4.69, 9.17) is 9.84 Å². The second kappa shape index (κ2) is 8.81. The first kappa shape index (κ1) is 17.7. The summed E-state index contributed by atoms with van der Waals surface area (Å²) >= 11 is 0. The number of hydrogen-bond acceptors (Lipinski definition) is 5. The Kier molecular flexibility index (Phi) is 6.49. The highest BCUT2D eigenvalue weighted by molar-refractivity contribution is 5.33. The summed E-state index contributed by atoms with van der Waals surface area (Å²) in [5.41, 5.74) is 1.29. The minimum atomic E-state index is 0.279. The van der Waals surface area contributed by atoms with Crippen LogP contribution in [0.2, 0.25) is 0 Å². The van der Waals surface area contributed by atoms with Crippen molar-refractivity contribution in [3.63, 3.8) is 0 Å². The lowest BCUT2D eigenvalue weighted by Crippen LogP contribution is -2.53. The van der Waals surface area contributed by atoms with Crippen LogP contribution in [0.4, 0.5) is 0 Å². The molecule has 1 aromatic carbocycles. The number of benzene rings is 1. The molecule has 0 unspecified atom stereocenters. The standard InChI is InChI=1S/C19H31N3O2/c1-24-19-5-3-2-4-17(19)16-21-8-6-18(7-9-21)22-12-10-20(11-13-22)14-15-23/h2-5,18,23H,6-16H2,1H3. The van der Waals surface area contributed by atoms with Crippen LogP contribution in [0.1, 0.15) is 18.4 Å². The van der Waals surface area contributed by atoms with E-state index in [1.807, 2.05) is 12.1 Å². The van der Waals surface area contributed by atoms with Gasteiger partial charge in [0.2, 0.25) is 0 Å². The highest BCUT2D eigenvalue weighted by atomic mass is 16.5. The van der Waals surface area contributed by atoms with E-state index in [-0.39, 0.29) is 6.61 Å². The predicted molar refractivity (Wildman–Crippen MR) is 96.4 cm³/mol. The fraction of sp³-hybridized carbons (Fsp3) is 0.684. The van der Waals surface area contributed by atoms with Gasteiger partial charge in [-0.2, -0.15) is 0 Å². The summed E-state index contributed by atoms with van der Waals surface area (Å²) in [7, 11) is 1.75. The van der Waals surface area contributed by atoms with Crippen LogP contribution in [0.3, 0.4) is 0 Å². The SMILES string of the molecule is COc1ccccc1CN1CCC(N2CCN(CCO)CC2)CC1. The lowest BCUT2D eigenvalue weighted by atomic mass is 10.0. The normalized spacial score (nSPS) is 21.9. The lowest BCUT2D eigenvalue weighted by Gasteiger charge is -2.42. The van der Waals surface area contributed by atoms with Gasteiger partial charge in [-0.25, -0.2) is 0 Å². The molecule has 0 aromatic heterocycles. The smallest absolute Gasteiger partial charge is 0.123 e. The molecule has 1 aromatic rings. The predicted octanol–water partition coefficient (Wildman–Crippen LogP) is 1.27. The number of likely N-dealkylation sites (tertiary alicyclic amines) is 1. The molecule has 5 heteroatoms. The van der Waals surface area contributed by atoms with Crippen LogP contribution < -0.4 is 4.74 Å². The molecule has 2 aliphatic rings. The van der Waals surface area contributed by atoms with Gasteiger partial charge in [-0.05, 0) is 32.0 Å². The molecule has 0 amide bonds. The van der Waals surface area contributed by atoms with Crippen molar-refractivity contribution in [3.05, 3.63) is 29.8 Å². The van der Waals surface area contributed by atoms with Crippen LogP contribution >= 0.6 is 0 Å². The number of aliphatic hydroxyl groups excluding tert-OH is 1. The first-order valence-electron chi connectivity index (χ1n) is 9.21. The number of piperidine rings is 1. The lowest BCUT2D eigenvalue weighted by molar-refractivity contribution is 0.0515. The van der Waals surface area contributed by atoms with Gasteiger partial charge in [-0.1, -0.05) is 18.2 Å². The minimum Gasteiger partial charge on any atom is -0.496 e. The summed E-state index contributed by atoms with van der Waals surface area (Å²) in [6, 6.07) is 9.08. The van der Waals surface area contributed by atoms with Gasteiger partial charge >= 0.3 is 0 Å². The minimum absolute atomic E-state index is 0.279. The molecule has 1 N–H and O–H groups in total. The van der Waals surface area contributed by atoms with Crippen molar-refractivity contribution >= 4 is 0 Å². The Morgan fingerprint density at radius 2 is 1.71 bits per heavy atom. The molecule has 5 nitrogen and oxygen atoms in total. The van der Waals surface area contributed by atoms with Gasteiger partial charge in [0.25, 0.3) is 0 Å². The molecule has 0 atom stereocenters. The number of rotatable bonds is 6. The summed E-state index contributed by atoms with van der Waals surface area (Å²) in [5, 5.41) is 9.05. The van der Waals surface area contributed by atoms with Gasteiger partial charge in [-0.3, -0.25) is 14.7 Å². The molecule has 134 valence electrons. The van der Waals surface area contributed by atoms with E-state index in [2.05, 4.69) is 26.8 Å². The van der Waals surface area contributed by atoms with Crippen molar-refractivity contribution in [1.29, 1.82) is 0 Å². The first-order chi connectivity index (χ1) is 11.8. The van der Waals surface area contributed by atoms with Crippen LogP contribution in [0.25, 0.3) is 0 Å². The monoisotopic (exact) mass is 333 g/mol. The van der Waals surface area contributed by atoms with Crippen LogP contribution in [0.5, 0.6) is 5.75 Å². The Bertz CT molecular complexity index is 495. The van der Waals surface area contributed by atoms with Crippen LogP contribution in [-0.2, 0) is 6.54 Å². The summed E-state index contributed by atoms with van der Waals surface area (Å²) < 4.78 is 5.48. The maximum absolute atomic E-state index is 9.05. The van der Waals surface area contributed by atoms with Gasteiger partial charge in [-0.15, -0.1) is 0 Å². The zero-order valence-corrected chi connectivity index (χ0v) is 14.9. The molecule has 2 heterocycles. The summed E-state index contributed by atoms with van der Waals surface area (Å²) in [6.07, 6.45) is 2.52. The fourth-order valence-electron chi connectivity index (χ4n) is 4.01. The van der Waals surface area contributed by atoms with E-state index in [9.17, 15) is 0 Å². The Labute approximate surface area is 145 Å². The molecule has 24 heavy (non-hydrogen) atoms. The number of piperazine rings is 1. The molecule has 0 saturated carbocycles. The third-order valence-electron chi connectivity index (χ3n) is 5.48. The topological polar surface area (TPSA) is 39.2 Å². The second-order valence-electron chi connectivity index (χ2n) is 6.92. The Morgan fingerprint density at radius 3 is 2.38 bits per heavy atom. The Hall–Kier alpha value is -1.14. The van der Waals surface area contributed by atoms with E-state index in [0.29, 0.717) is 0 Å². The van der Waals surface area contributed by atoms with Crippen molar-refractivity contribution in [2.24, 2.45) is 0 Å². The summed E-state index contributed by atoms with van der Waals surface area (Å²) in [4.78, 5) is 7.58. The third kappa shape index (κ3) is 4.48. The number of para-hydroxylation sites is 1. The summed E-state index contributed by atoms with van der Waals surface area (Å²) in [6.45, 7) is 8.92. The molecule has 2 aliphatic heterocycles. The molecule has 3 rings (SSSR count). The Morgan fingerprint density at radius 1 is 1.00 bits per heavy atom. The van der Waals surface area contributed by atoms with Crippen LogP contribution in [0, 0.1) is 0 Å². The average molecular weight is 333 g/mol. The molecule has 2 saturated heterocycles. The number of β-amino-alcohol motifs (C(OH)–C–C–N with tert-alkyl or cyclic N) is 1. The van der Waals surface area contributed by atoms with E-state index >= 15 is 0 Å². The highest BCUT2D eigenvalue weighted by Crippen LogP contribution is 2.23. The van der Waals surface area contributed by atoms with Gasteiger partial charge in [0.05, 0.1) is 13.7 Å². The largest absolute Gasteiger partial charge is 0.496 e. The van der Waals surface area contributed by atoms with Crippen LogP contribution in [-0.4, -0.2) is 85.4 Å². The third-order valence-corrected chi connectivity index (χ3v) is 5.48. The maximum atomic E-state index is 9.05. The van der Waals surface area contributed by atoms with Crippen molar-refractivity contribution in [3.8, 4) is 5.75 Å². The number of aliphatic hydroxyl groups is 1. The first-order valence-corrected chi connectivity index (χ1v) is 9.21. The van der Waals surface area contributed by atoms with E-state index in [1.165, 1.54) is 31.5 Å². The van der Waals surface area contributed by atoms with Gasteiger partial charge in [0, 0.05) is 50.9 Å². The Balaban J connectivity index is 1.44. The second-order valence-corrected chi connectivity index (χ2v) is 6.92. The average Bonchev–Trinajstić information content (AvgIpc) is 2.64. The maximum Gasteiger partial charge on any atom is 0.123 e. The van der Waals surface area contributed by atoms with E-state index in [1.54, 1.807) is 7.11 Å². The molecule has 0 bridgehead atoms. The van der Waals surface area contributed by atoms with E-state index < -0.39 is 0 Å². The zero-order valence-electron chi connectivity index (χ0n) is 14.9. The summed E-state index contributed by atoms with van der Waals surface area (Å²) in [5.74, 6) is 1.000. The number of hydrogen-bond donors (Lipinski definition) is 1. The zero-order chi connectivity index (χ0) is 16.8. The van der Waals surface area contributed by atoms with Crippen molar-refractivity contribution in [1.82, 2.24) is 14.7 Å². The van der Waals surface area contributed by atoms with Gasteiger partial charge < -0.3 is 9.84 Å². The van der Waals surface area contributed by atoms with Crippen molar-refractivity contribution in [2.45, 2.75) is 25.4 Å². The number of methoxy groups -OCH3 is 1. The van der Waals surface area contributed by atoms with E-state index in [0.717, 1.165) is 51.1 Å². The highest BCUT2D eigenvalue weighted by Gasteiger charge is 2.27. The number of nitrogens with zero attached hydrogens (tertiary/aromatic N) is 3. The molecule has 0 radical (unpaired) electrons. The van der Waals surface area contributed by atoms with Gasteiger partial charge in [0.1, 0.15) is 5.75 Å². The van der Waals surface area contributed by atoms with Crippen LogP contribution in [0.15, 0.2) is 24.3 Å². The molecule has 0 aliphatic carbocycles.